The molecule has 1 unspecified atom stereocenters. The van der Waals surface area contributed by atoms with Gasteiger partial charge >= 0.3 is 5.97 Å². The Hall–Kier alpha value is -3.16. The van der Waals surface area contributed by atoms with Crippen LogP contribution in [0.3, 0.4) is 0 Å². The summed E-state index contributed by atoms with van der Waals surface area (Å²) in [6.45, 7) is 13.9. The van der Waals surface area contributed by atoms with Crippen LogP contribution in [-0.2, 0) is 16.1 Å². The molecule has 0 spiro atoms. The number of benzene rings is 1. The van der Waals surface area contributed by atoms with E-state index in [1.165, 1.54) is 0 Å². The Bertz CT molecular complexity index is 1310. The lowest BCUT2D eigenvalue weighted by molar-refractivity contribution is -0.160. The smallest absolute Gasteiger partial charge is 0.337 e. The van der Waals surface area contributed by atoms with E-state index < -0.39 is 17.7 Å². The molecule has 2 aromatic heterocycles. The molecule has 7 nitrogen and oxygen atoms in total. The number of ether oxygens (including phenoxy) is 2. The second kappa shape index (κ2) is 11.5. The second-order valence-corrected chi connectivity index (χ2v) is 12.3. The molecule has 39 heavy (non-hydrogen) atoms. The van der Waals surface area contributed by atoms with E-state index in [2.05, 4.69) is 23.7 Å². The van der Waals surface area contributed by atoms with E-state index in [9.17, 15) is 9.90 Å². The summed E-state index contributed by atoms with van der Waals surface area (Å²) < 4.78 is 12.0. The Morgan fingerprint density at radius 3 is 2.38 bits per heavy atom. The van der Waals surface area contributed by atoms with Crippen LogP contribution in [0.25, 0.3) is 11.3 Å². The summed E-state index contributed by atoms with van der Waals surface area (Å²) in [5, 5.41) is 10.9. The van der Waals surface area contributed by atoms with Crippen molar-refractivity contribution in [3.05, 3.63) is 70.6 Å². The third-order valence-corrected chi connectivity index (χ3v) is 7.41. The largest absolute Gasteiger partial charge is 0.487 e. The summed E-state index contributed by atoms with van der Waals surface area (Å²) >= 11 is 6.26. The van der Waals surface area contributed by atoms with Gasteiger partial charge in [-0.25, -0.2) is 4.79 Å². The molecule has 0 bridgehead atoms. The van der Waals surface area contributed by atoms with E-state index in [0.29, 0.717) is 34.3 Å². The fourth-order valence-corrected chi connectivity index (χ4v) is 4.96. The quantitative estimate of drug-likeness (QED) is 0.315. The molecule has 1 fully saturated rings. The van der Waals surface area contributed by atoms with Gasteiger partial charge in [0.1, 0.15) is 12.4 Å². The summed E-state index contributed by atoms with van der Waals surface area (Å²) in [6.07, 6.45) is 4.28. The van der Waals surface area contributed by atoms with Crippen LogP contribution in [0.2, 0.25) is 5.02 Å². The first-order valence-corrected chi connectivity index (χ1v) is 13.7. The lowest BCUT2D eigenvalue weighted by Gasteiger charge is -2.40. The highest BCUT2D eigenvalue weighted by molar-refractivity contribution is 6.31. The summed E-state index contributed by atoms with van der Waals surface area (Å²) in [5.41, 5.74) is 3.96. The molecule has 1 N–H and O–H groups in total. The van der Waals surface area contributed by atoms with Crippen LogP contribution in [0.5, 0.6) is 5.75 Å². The summed E-state index contributed by atoms with van der Waals surface area (Å²) in [7, 11) is 0. The number of nitrogens with zero attached hydrogens (tertiary/aromatic N) is 3. The van der Waals surface area contributed by atoms with Gasteiger partial charge in [0.2, 0.25) is 0 Å². The molecule has 1 aliphatic rings. The monoisotopic (exact) mass is 551 g/mol. The van der Waals surface area contributed by atoms with Crippen LogP contribution >= 0.6 is 11.6 Å². The van der Waals surface area contributed by atoms with Gasteiger partial charge in [-0.15, -0.1) is 0 Å². The van der Waals surface area contributed by atoms with Crippen molar-refractivity contribution < 1.29 is 19.4 Å². The van der Waals surface area contributed by atoms with Crippen molar-refractivity contribution in [2.45, 2.75) is 72.7 Å². The first kappa shape index (κ1) is 28.8. The van der Waals surface area contributed by atoms with Crippen molar-refractivity contribution in [1.82, 2.24) is 9.97 Å². The number of carboxylic acid groups (broad SMARTS) is 1. The third-order valence-electron chi connectivity index (χ3n) is 7.04. The Balaban J connectivity index is 1.74. The molecule has 0 saturated carbocycles. The molecule has 1 aliphatic heterocycles. The average Bonchev–Trinajstić information content (AvgIpc) is 2.87. The number of carbonyl (C=O) groups is 1. The van der Waals surface area contributed by atoms with Crippen LogP contribution in [-0.4, -0.2) is 39.7 Å². The van der Waals surface area contributed by atoms with E-state index in [4.69, 9.17) is 26.1 Å². The Morgan fingerprint density at radius 1 is 1.10 bits per heavy atom. The second-order valence-electron chi connectivity index (χ2n) is 11.9. The van der Waals surface area contributed by atoms with Gasteiger partial charge in [-0.1, -0.05) is 43.6 Å². The molecule has 0 aliphatic carbocycles. The number of hydrogen-bond acceptors (Lipinski definition) is 6. The van der Waals surface area contributed by atoms with Gasteiger partial charge < -0.3 is 19.5 Å². The van der Waals surface area contributed by atoms with Crippen molar-refractivity contribution in [3.8, 4) is 17.0 Å². The number of pyridine rings is 2. The minimum atomic E-state index is -1.17. The predicted octanol–water partition coefficient (Wildman–Crippen LogP) is 7.25. The SMILES string of the molecule is Cc1ncc(-c2ccc(OCc3ccccc3Cl)cn2)c(N2CCC(C)(C)CC2)c1C(OC(C)(C)C)C(=O)O. The number of halogens is 1. The molecule has 3 heterocycles. The van der Waals surface area contributed by atoms with E-state index >= 15 is 0 Å². The fourth-order valence-electron chi connectivity index (χ4n) is 4.77. The molecule has 208 valence electrons. The molecular formula is C31H38ClN3O4. The summed E-state index contributed by atoms with van der Waals surface area (Å²) in [5.74, 6) is -0.429. The lowest BCUT2D eigenvalue weighted by atomic mass is 9.82. The fraction of sp³-hybridized carbons (Fsp3) is 0.452. The minimum absolute atomic E-state index is 0.228. The first-order chi connectivity index (χ1) is 18.3. The zero-order valence-corrected chi connectivity index (χ0v) is 24.4. The summed E-state index contributed by atoms with van der Waals surface area (Å²) in [6, 6.07) is 11.3. The predicted molar refractivity (Wildman–Crippen MR) is 154 cm³/mol. The van der Waals surface area contributed by atoms with Crippen LogP contribution in [0.15, 0.2) is 48.8 Å². The van der Waals surface area contributed by atoms with Gasteiger partial charge in [0.15, 0.2) is 6.10 Å². The highest BCUT2D eigenvalue weighted by atomic mass is 35.5. The number of hydrogen-bond donors (Lipinski definition) is 1. The normalized spacial score (nSPS) is 16.1. The van der Waals surface area contributed by atoms with E-state index in [1.54, 1.807) is 12.4 Å². The van der Waals surface area contributed by atoms with Crippen LogP contribution < -0.4 is 9.64 Å². The van der Waals surface area contributed by atoms with Crippen molar-refractivity contribution in [2.24, 2.45) is 5.41 Å². The van der Waals surface area contributed by atoms with Gasteiger partial charge in [0, 0.05) is 46.7 Å². The molecule has 8 heteroatoms. The van der Waals surface area contributed by atoms with Crippen molar-refractivity contribution >= 4 is 23.3 Å². The highest BCUT2D eigenvalue weighted by Crippen LogP contribution is 2.43. The molecule has 0 radical (unpaired) electrons. The summed E-state index contributed by atoms with van der Waals surface area (Å²) in [4.78, 5) is 24.2. The van der Waals surface area contributed by atoms with Crippen LogP contribution in [0, 0.1) is 12.3 Å². The van der Waals surface area contributed by atoms with Crippen molar-refractivity contribution in [3.63, 3.8) is 0 Å². The number of piperidine rings is 1. The molecule has 1 atom stereocenters. The molecule has 1 saturated heterocycles. The zero-order chi connectivity index (χ0) is 28.4. The number of aryl methyl sites for hydroxylation is 1. The maximum atomic E-state index is 12.6. The molecule has 1 aromatic carbocycles. The van der Waals surface area contributed by atoms with Gasteiger partial charge in [-0.2, -0.15) is 0 Å². The van der Waals surface area contributed by atoms with E-state index in [1.807, 2.05) is 64.1 Å². The van der Waals surface area contributed by atoms with Crippen molar-refractivity contribution in [2.75, 3.05) is 18.0 Å². The molecular weight excluding hydrogens is 514 g/mol. The average molecular weight is 552 g/mol. The third kappa shape index (κ3) is 7.08. The zero-order valence-electron chi connectivity index (χ0n) is 23.6. The number of carboxylic acids is 1. The highest BCUT2D eigenvalue weighted by Gasteiger charge is 2.36. The van der Waals surface area contributed by atoms with Gasteiger partial charge in [0.05, 0.1) is 23.2 Å². The lowest BCUT2D eigenvalue weighted by Crippen LogP contribution is -2.39. The topological polar surface area (TPSA) is 84.8 Å². The maximum absolute atomic E-state index is 12.6. The van der Waals surface area contributed by atoms with E-state index in [-0.39, 0.29) is 5.41 Å². The first-order valence-electron chi connectivity index (χ1n) is 13.3. The molecule has 0 amide bonds. The Morgan fingerprint density at radius 2 is 1.79 bits per heavy atom. The van der Waals surface area contributed by atoms with Crippen molar-refractivity contribution in [1.29, 1.82) is 0 Å². The molecule has 3 aromatic rings. The van der Waals surface area contributed by atoms with Crippen LogP contribution in [0.1, 0.15) is 70.4 Å². The minimum Gasteiger partial charge on any atom is -0.487 e. The number of rotatable bonds is 8. The maximum Gasteiger partial charge on any atom is 0.337 e. The van der Waals surface area contributed by atoms with Gasteiger partial charge in [0.25, 0.3) is 0 Å². The standard InChI is InChI=1S/C31H38ClN3O4/c1-20-26(28(29(36)37)39-30(2,3)4)27(35-15-13-31(5,6)14-16-35)23(18-33-20)25-12-11-22(17-34-25)38-19-21-9-7-8-10-24(21)32/h7-12,17-18,28H,13-16,19H2,1-6H3,(H,36,37). The van der Waals surface area contributed by atoms with Gasteiger partial charge in [-0.3, -0.25) is 9.97 Å². The number of aliphatic carboxylic acids is 1. The Kier molecular flexibility index (Phi) is 8.52. The van der Waals surface area contributed by atoms with E-state index in [0.717, 1.165) is 42.7 Å². The number of anilines is 1. The van der Waals surface area contributed by atoms with Gasteiger partial charge in [-0.05, 0) is 64.2 Å². The molecule has 4 rings (SSSR count). The Labute approximate surface area is 236 Å². The van der Waals surface area contributed by atoms with Crippen LogP contribution in [0.4, 0.5) is 5.69 Å². The number of aromatic nitrogens is 2.